The smallest absolute Gasteiger partial charge is 0.261 e. The van der Waals surface area contributed by atoms with Crippen LogP contribution in [0.2, 0.25) is 0 Å². The molecule has 3 aromatic rings. The van der Waals surface area contributed by atoms with E-state index in [1.807, 2.05) is 19.9 Å². The van der Waals surface area contributed by atoms with Crippen LogP contribution in [0.15, 0.2) is 71.6 Å². The molecule has 0 aliphatic carbocycles. The molecule has 1 aliphatic heterocycles. The second-order valence-corrected chi connectivity index (χ2v) is 12.9. The number of hydrogen-bond donors (Lipinski definition) is 2. The Morgan fingerprint density at radius 3 is 2.03 bits per heavy atom. The maximum Gasteiger partial charge on any atom is 0.261 e. The standard InChI is InChI=1S/C27H31N3O5S2/c1-20-6-11-25(18-21(20)2)29-37(34,35)26-14-12-24(13-15-26)28-27(31)23-9-7-22(8-10-23)19-36(32,33)30-16-4-3-5-17-30/h6-15,18,29H,3-5,16-17,19H2,1-2H3,(H,28,31). The number of hydrogen-bond acceptors (Lipinski definition) is 5. The quantitative estimate of drug-likeness (QED) is 0.430. The van der Waals surface area contributed by atoms with Crippen molar-refractivity contribution in [1.29, 1.82) is 0 Å². The zero-order chi connectivity index (χ0) is 26.6. The number of aryl methyl sites for hydroxylation is 2. The summed E-state index contributed by atoms with van der Waals surface area (Å²) < 4.78 is 54.9. The molecule has 1 saturated heterocycles. The maximum absolute atomic E-state index is 12.7. The highest BCUT2D eigenvalue weighted by molar-refractivity contribution is 7.92. The first-order chi connectivity index (χ1) is 17.5. The average molecular weight is 542 g/mol. The van der Waals surface area contributed by atoms with Gasteiger partial charge in [0.25, 0.3) is 15.9 Å². The molecular weight excluding hydrogens is 510 g/mol. The van der Waals surface area contributed by atoms with E-state index in [-0.39, 0.29) is 16.6 Å². The van der Waals surface area contributed by atoms with Crippen molar-refractivity contribution in [3.63, 3.8) is 0 Å². The zero-order valence-electron chi connectivity index (χ0n) is 20.9. The van der Waals surface area contributed by atoms with E-state index >= 15 is 0 Å². The molecule has 2 N–H and O–H groups in total. The number of piperidine rings is 1. The molecule has 4 rings (SSSR count). The zero-order valence-corrected chi connectivity index (χ0v) is 22.5. The van der Waals surface area contributed by atoms with Crippen molar-refractivity contribution in [3.8, 4) is 0 Å². The Kier molecular flexibility index (Phi) is 8.01. The molecule has 0 atom stereocenters. The van der Waals surface area contributed by atoms with E-state index in [4.69, 9.17) is 0 Å². The van der Waals surface area contributed by atoms with E-state index in [1.54, 1.807) is 40.7 Å². The van der Waals surface area contributed by atoms with Crippen LogP contribution in [0.5, 0.6) is 0 Å². The number of rotatable bonds is 8. The Hall–Kier alpha value is -3.21. The predicted octanol–water partition coefficient (Wildman–Crippen LogP) is 4.67. The van der Waals surface area contributed by atoms with Gasteiger partial charge in [0.1, 0.15) is 0 Å². The van der Waals surface area contributed by atoms with Gasteiger partial charge in [-0.05, 0) is 91.9 Å². The SMILES string of the molecule is Cc1ccc(NS(=O)(=O)c2ccc(NC(=O)c3ccc(CS(=O)(=O)N4CCCCC4)cc3)cc2)cc1C. The highest BCUT2D eigenvalue weighted by atomic mass is 32.2. The van der Waals surface area contributed by atoms with Crippen molar-refractivity contribution in [1.82, 2.24) is 4.31 Å². The molecule has 1 aliphatic rings. The minimum Gasteiger partial charge on any atom is -0.322 e. The molecule has 0 spiro atoms. The van der Waals surface area contributed by atoms with Gasteiger partial charge in [-0.3, -0.25) is 9.52 Å². The Balaban J connectivity index is 1.37. The molecule has 196 valence electrons. The predicted molar refractivity (Wildman–Crippen MR) is 146 cm³/mol. The highest BCUT2D eigenvalue weighted by Gasteiger charge is 2.24. The van der Waals surface area contributed by atoms with Gasteiger partial charge in [-0.1, -0.05) is 24.6 Å². The van der Waals surface area contributed by atoms with E-state index in [0.717, 1.165) is 30.4 Å². The molecule has 37 heavy (non-hydrogen) atoms. The van der Waals surface area contributed by atoms with Gasteiger partial charge in [-0.25, -0.2) is 21.1 Å². The first-order valence-corrected chi connectivity index (χ1v) is 15.2. The molecule has 0 unspecified atom stereocenters. The van der Waals surface area contributed by atoms with Crippen LogP contribution in [0.1, 0.15) is 46.3 Å². The van der Waals surface area contributed by atoms with Crippen molar-refractivity contribution >= 4 is 37.3 Å². The summed E-state index contributed by atoms with van der Waals surface area (Å²) in [5.41, 5.74) is 3.95. The third-order valence-electron chi connectivity index (χ3n) is 6.46. The van der Waals surface area contributed by atoms with Gasteiger partial charge in [0, 0.05) is 30.0 Å². The van der Waals surface area contributed by atoms with Crippen LogP contribution < -0.4 is 10.0 Å². The molecule has 0 bridgehead atoms. The maximum atomic E-state index is 12.7. The second kappa shape index (κ2) is 11.0. The van der Waals surface area contributed by atoms with Crippen molar-refractivity contribution < 1.29 is 21.6 Å². The Morgan fingerprint density at radius 1 is 0.784 bits per heavy atom. The molecule has 1 heterocycles. The van der Waals surface area contributed by atoms with Crippen molar-refractivity contribution in [3.05, 3.63) is 89.0 Å². The van der Waals surface area contributed by atoms with Gasteiger partial charge in [0.15, 0.2) is 0 Å². The minimum atomic E-state index is -3.78. The summed E-state index contributed by atoms with van der Waals surface area (Å²) in [6, 6.07) is 17.7. The largest absolute Gasteiger partial charge is 0.322 e. The van der Waals surface area contributed by atoms with Gasteiger partial charge in [0.05, 0.1) is 10.6 Å². The molecule has 10 heteroatoms. The molecular formula is C27H31N3O5S2. The second-order valence-electron chi connectivity index (χ2n) is 9.30. The first-order valence-electron chi connectivity index (χ1n) is 12.1. The third kappa shape index (κ3) is 6.76. The van der Waals surface area contributed by atoms with Gasteiger partial charge in [-0.15, -0.1) is 0 Å². The molecule has 0 saturated carbocycles. The Bertz CT molecular complexity index is 1480. The summed E-state index contributed by atoms with van der Waals surface area (Å²) >= 11 is 0. The monoisotopic (exact) mass is 541 g/mol. The molecule has 0 aromatic heterocycles. The summed E-state index contributed by atoms with van der Waals surface area (Å²) in [5.74, 6) is -0.476. The minimum absolute atomic E-state index is 0.0722. The molecule has 3 aromatic carbocycles. The van der Waals surface area contributed by atoms with Crippen molar-refractivity contribution in [2.75, 3.05) is 23.1 Å². The molecule has 8 nitrogen and oxygen atoms in total. The number of anilines is 2. The lowest BCUT2D eigenvalue weighted by molar-refractivity contribution is 0.102. The fraction of sp³-hybridized carbons (Fsp3) is 0.296. The van der Waals surface area contributed by atoms with E-state index in [0.29, 0.717) is 35.6 Å². The van der Waals surface area contributed by atoms with Crippen LogP contribution in [-0.4, -0.2) is 40.1 Å². The number of benzene rings is 3. The highest BCUT2D eigenvalue weighted by Crippen LogP contribution is 2.21. The van der Waals surface area contributed by atoms with Crippen LogP contribution >= 0.6 is 0 Å². The fourth-order valence-electron chi connectivity index (χ4n) is 4.14. The lowest BCUT2D eigenvalue weighted by Crippen LogP contribution is -2.36. The molecule has 0 radical (unpaired) electrons. The summed E-state index contributed by atoms with van der Waals surface area (Å²) in [5, 5.41) is 2.74. The lowest BCUT2D eigenvalue weighted by atomic mass is 10.1. The lowest BCUT2D eigenvalue weighted by Gasteiger charge is -2.25. The van der Waals surface area contributed by atoms with E-state index in [9.17, 15) is 21.6 Å². The van der Waals surface area contributed by atoms with E-state index in [2.05, 4.69) is 10.0 Å². The number of carbonyl (C=O) groups is 1. The number of nitrogens with one attached hydrogen (secondary N) is 2. The summed E-state index contributed by atoms with van der Waals surface area (Å²) in [4.78, 5) is 12.7. The van der Waals surface area contributed by atoms with Gasteiger partial charge >= 0.3 is 0 Å². The third-order valence-corrected chi connectivity index (χ3v) is 9.70. The Labute approximate surface area is 218 Å². The van der Waals surface area contributed by atoms with E-state index < -0.39 is 20.0 Å². The molecule has 1 fully saturated rings. The van der Waals surface area contributed by atoms with Crippen LogP contribution in [0.4, 0.5) is 11.4 Å². The number of sulfonamides is 2. The van der Waals surface area contributed by atoms with Crippen LogP contribution in [0.25, 0.3) is 0 Å². The van der Waals surface area contributed by atoms with Gasteiger partial charge < -0.3 is 5.32 Å². The molecule has 1 amide bonds. The van der Waals surface area contributed by atoms with Crippen LogP contribution in [-0.2, 0) is 25.8 Å². The van der Waals surface area contributed by atoms with Crippen LogP contribution in [0, 0.1) is 13.8 Å². The van der Waals surface area contributed by atoms with Crippen LogP contribution in [0.3, 0.4) is 0 Å². The Morgan fingerprint density at radius 2 is 1.41 bits per heavy atom. The summed E-state index contributed by atoms with van der Waals surface area (Å²) in [7, 11) is -7.16. The fourth-order valence-corrected chi connectivity index (χ4v) is 6.80. The first kappa shape index (κ1) is 26.8. The average Bonchev–Trinajstić information content (AvgIpc) is 2.87. The number of carbonyl (C=O) groups excluding carboxylic acids is 1. The summed E-state index contributed by atoms with van der Waals surface area (Å²) in [6.07, 6.45) is 2.82. The van der Waals surface area contributed by atoms with Gasteiger partial charge in [-0.2, -0.15) is 0 Å². The topological polar surface area (TPSA) is 113 Å². The number of amides is 1. The van der Waals surface area contributed by atoms with E-state index in [1.165, 1.54) is 24.3 Å². The van der Waals surface area contributed by atoms with Gasteiger partial charge in [0.2, 0.25) is 10.0 Å². The van der Waals surface area contributed by atoms with Crippen molar-refractivity contribution in [2.45, 2.75) is 43.8 Å². The normalized spacial score (nSPS) is 14.8. The summed E-state index contributed by atoms with van der Waals surface area (Å²) in [6.45, 7) is 4.99. The van der Waals surface area contributed by atoms with Crippen molar-refractivity contribution in [2.24, 2.45) is 0 Å². The number of nitrogens with zero attached hydrogens (tertiary/aromatic N) is 1.